The fourth-order valence-electron chi connectivity index (χ4n) is 3.44. The molecule has 1 fully saturated rings. The van der Waals surface area contributed by atoms with Crippen molar-refractivity contribution in [3.63, 3.8) is 0 Å². The molecule has 0 saturated carbocycles. The number of hydrogen-bond donors (Lipinski definition) is 1. The standard InChI is InChI=1S/C21H20F3N5/c22-21(23,24)18-13-19(28-20(27-18)15-8-10-25-11-9-15)29-12-4-7-17(14-29)26-16-5-2-1-3-6-16/h1-3,5-6,8-11,13,17,26H,4,7,12,14H2. The molecule has 0 spiro atoms. The van der Waals surface area contributed by atoms with Gasteiger partial charge in [0.15, 0.2) is 11.5 Å². The molecule has 0 bridgehead atoms. The van der Waals surface area contributed by atoms with E-state index < -0.39 is 11.9 Å². The largest absolute Gasteiger partial charge is 0.433 e. The fourth-order valence-corrected chi connectivity index (χ4v) is 3.44. The Morgan fingerprint density at radius 1 is 1.00 bits per heavy atom. The van der Waals surface area contributed by atoms with Gasteiger partial charge in [-0.2, -0.15) is 13.2 Å². The Balaban J connectivity index is 1.62. The Morgan fingerprint density at radius 3 is 2.48 bits per heavy atom. The number of hydrogen-bond acceptors (Lipinski definition) is 5. The number of benzene rings is 1. The average Bonchev–Trinajstić information content (AvgIpc) is 2.74. The predicted molar refractivity (Wildman–Crippen MR) is 106 cm³/mol. The van der Waals surface area contributed by atoms with Gasteiger partial charge >= 0.3 is 6.18 Å². The summed E-state index contributed by atoms with van der Waals surface area (Å²) in [4.78, 5) is 14.0. The van der Waals surface area contributed by atoms with Gasteiger partial charge in [-0.1, -0.05) is 18.2 Å². The predicted octanol–water partition coefficient (Wildman–Crippen LogP) is 4.64. The monoisotopic (exact) mass is 399 g/mol. The molecule has 5 nitrogen and oxygen atoms in total. The van der Waals surface area contributed by atoms with Crippen LogP contribution < -0.4 is 10.2 Å². The second-order valence-electron chi connectivity index (χ2n) is 6.96. The maximum atomic E-state index is 13.5. The first-order valence-electron chi connectivity index (χ1n) is 9.42. The van der Waals surface area contributed by atoms with Crippen molar-refractivity contribution in [3.8, 4) is 11.4 Å². The summed E-state index contributed by atoms with van der Waals surface area (Å²) in [7, 11) is 0. The number of alkyl halides is 3. The zero-order valence-corrected chi connectivity index (χ0v) is 15.6. The highest BCUT2D eigenvalue weighted by Crippen LogP contribution is 2.32. The van der Waals surface area contributed by atoms with E-state index in [4.69, 9.17) is 0 Å². The summed E-state index contributed by atoms with van der Waals surface area (Å²) in [5.41, 5.74) is 0.561. The number of halogens is 3. The molecule has 1 aliphatic rings. The van der Waals surface area contributed by atoms with Gasteiger partial charge in [0, 0.05) is 48.8 Å². The van der Waals surface area contributed by atoms with Gasteiger partial charge in [-0.05, 0) is 37.1 Å². The zero-order valence-electron chi connectivity index (χ0n) is 15.6. The SMILES string of the molecule is FC(F)(F)c1cc(N2CCCC(Nc3ccccc3)C2)nc(-c2ccncc2)n1. The van der Waals surface area contributed by atoms with Gasteiger partial charge in [-0.15, -0.1) is 0 Å². The van der Waals surface area contributed by atoms with E-state index >= 15 is 0 Å². The molecule has 3 heterocycles. The Bertz CT molecular complexity index is 948. The Hall–Kier alpha value is -3.16. The molecular formula is C21H20F3N5. The van der Waals surface area contributed by atoms with Gasteiger partial charge in [0.1, 0.15) is 5.82 Å². The first-order chi connectivity index (χ1) is 14.0. The van der Waals surface area contributed by atoms with Crippen LogP contribution in [0.25, 0.3) is 11.4 Å². The van der Waals surface area contributed by atoms with Gasteiger partial charge in [0.25, 0.3) is 0 Å². The smallest absolute Gasteiger partial charge is 0.381 e. The highest BCUT2D eigenvalue weighted by molar-refractivity contribution is 5.58. The van der Waals surface area contributed by atoms with Crippen molar-refractivity contribution in [2.45, 2.75) is 25.1 Å². The molecule has 1 N–H and O–H groups in total. The average molecular weight is 399 g/mol. The second-order valence-corrected chi connectivity index (χ2v) is 6.96. The molecule has 0 amide bonds. The summed E-state index contributed by atoms with van der Waals surface area (Å²) >= 11 is 0. The minimum absolute atomic E-state index is 0.0513. The summed E-state index contributed by atoms with van der Waals surface area (Å²) in [5.74, 6) is 0.342. The molecule has 1 aromatic carbocycles. The summed E-state index contributed by atoms with van der Waals surface area (Å²) in [6.07, 6.45) is 0.288. The van der Waals surface area contributed by atoms with Gasteiger partial charge in [0.2, 0.25) is 0 Å². The number of para-hydroxylation sites is 1. The van der Waals surface area contributed by atoms with Crippen molar-refractivity contribution in [3.05, 3.63) is 66.6 Å². The number of aromatic nitrogens is 3. The lowest BCUT2D eigenvalue weighted by Crippen LogP contribution is -2.42. The number of nitrogens with one attached hydrogen (secondary N) is 1. The minimum atomic E-state index is -4.54. The third-order valence-corrected chi connectivity index (χ3v) is 4.83. The number of rotatable bonds is 4. The molecule has 1 aliphatic heterocycles. The van der Waals surface area contributed by atoms with E-state index in [0.717, 1.165) is 24.6 Å². The van der Waals surface area contributed by atoms with Crippen molar-refractivity contribution in [1.82, 2.24) is 15.0 Å². The molecule has 150 valence electrons. The van der Waals surface area contributed by atoms with Crippen LogP contribution >= 0.6 is 0 Å². The minimum Gasteiger partial charge on any atom is -0.381 e. The highest BCUT2D eigenvalue weighted by Gasteiger charge is 2.35. The van der Waals surface area contributed by atoms with Crippen LogP contribution in [-0.2, 0) is 6.18 Å². The van der Waals surface area contributed by atoms with Crippen LogP contribution in [0.15, 0.2) is 60.9 Å². The Morgan fingerprint density at radius 2 is 1.76 bits per heavy atom. The highest BCUT2D eigenvalue weighted by atomic mass is 19.4. The van der Waals surface area contributed by atoms with Crippen LogP contribution in [0.2, 0.25) is 0 Å². The van der Waals surface area contributed by atoms with Gasteiger partial charge in [0.05, 0.1) is 0 Å². The van der Waals surface area contributed by atoms with Crippen molar-refractivity contribution in [2.24, 2.45) is 0 Å². The lowest BCUT2D eigenvalue weighted by molar-refractivity contribution is -0.141. The van der Waals surface area contributed by atoms with E-state index in [9.17, 15) is 13.2 Å². The van der Waals surface area contributed by atoms with E-state index in [0.29, 0.717) is 24.5 Å². The molecule has 4 rings (SSSR count). The summed E-state index contributed by atoms with van der Waals surface area (Å²) in [5, 5.41) is 3.46. The van der Waals surface area contributed by atoms with E-state index in [1.165, 1.54) is 12.4 Å². The quantitative estimate of drug-likeness (QED) is 0.693. The van der Waals surface area contributed by atoms with E-state index in [-0.39, 0.29) is 11.9 Å². The van der Waals surface area contributed by atoms with Crippen LogP contribution in [0, 0.1) is 0 Å². The summed E-state index contributed by atoms with van der Waals surface area (Å²) in [6.45, 7) is 1.22. The van der Waals surface area contributed by atoms with Gasteiger partial charge < -0.3 is 10.2 Å². The number of anilines is 2. The second kappa shape index (κ2) is 8.06. The first-order valence-corrected chi connectivity index (χ1v) is 9.42. The number of nitrogens with zero attached hydrogens (tertiary/aromatic N) is 4. The lowest BCUT2D eigenvalue weighted by atomic mass is 10.1. The lowest BCUT2D eigenvalue weighted by Gasteiger charge is -2.34. The topological polar surface area (TPSA) is 53.9 Å². The molecule has 0 aliphatic carbocycles. The normalized spacial score (nSPS) is 17.2. The fraction of sp³-hybridized carbons (Fsp3) is 0.286. The van der Waals surface area contributed by atoms with Crippen LogP contribution in [0.4, 0.5) is 24.7 Å². The van der Waals surface area contributed by atoms with Crippen LogP contribution in [0.5, 0.6) is 0 Å². The van der Waals surface area contributed by atoms with E-state index in [2.05, 4.69) is 20.3 Å². The summed E-state index contributed by atoms with van der Waals surface area (Å²) in [6, 6.07) is 14.2. The van der Waals surface area contributed by atoms with Crippen LogP contribution in [0.3, 0.4) is 0 Å². The molecule has 1 unspecified atom stereocenters. The van der Waals surface area contributed by atoms with Gasteiger partial charge in [-0.25, -0.2) is 9.97 Å². The van der Waals surface area contributed by atoms with Crippen molar-refractivity contribution in [2.75, 3.05) is 23.3 Å². The van der Waals surface area contributed by atoms with Crippen molar-refractivity contribution < 1.29 is 13.2 Å². The molecule has 1 atom stereocenters. The molecule has 0 radical (unpaired) electrons. The maximum Gasteiger partial charge on any atom is 0.433 e. The Labute approximate surface area is 166 Å². The molecule has 29 heavy (non-hydrogen) atoms. The van der Waals surface area contributed by atoms with Crippen LogP contribution in [-0.4, -0.2) is 34.1 Å². The van der Waals surface area contributed by atoms with Crippen LogP contribution in [0.1, 0.15) is 18.5 Å². The number of piperidine rings is 1. The number of pyridine rings is 1. The van der Waals surface area contributed by atoms with E-state index in [1.807, 2.05) is 35.2 Å². The third kappa shape index (κ3) is 4.64. The maximum absolute atomic E-state index is 13.5. The van der Waals surface area contributed by atoms with Crippen molar-refractivity contribution in [1.29, 1.82) is 0 Å². The van der Waals surface area contributed by atoms with Crippen molar-refractivity contribution >= 4 is 11.5 Å². The Kier molecular flexibility index (Phi) is 5.33. The third-order valence-electron chi connectivity index (χ3n) is 4.83. The zero-order chi connectivity index (χ0) is 20.3. The molecular weight excluding hydrogens is 379 g/mol. The summed E-state index contributed by atoms with van der Waals surface area (Å²) < 4.78 is 40.4. The van der Waals surface area contributed by atoms with Gasteiger partial charge in [-0.3, -0.25) is 4.98 Å². The molecule has 1 saturated heterocycles. The molecule has 3 aromatic rings. The van der Waals surface area contributed by atoms with E-state index in [1.54, 1.807) is 12.1 Å². The first kappa shape index (κ1) is 19.2. The molecule has 2 aromatic heterocycles. The molecule has 8 heteroatoms.